The Morgan fingerprint density at radius 1 is 1.20 bits per heavy atom. The summed E-state index contributed by atoms with van der Waals surface area (Å²) in [7, 11) is 0. The first kappa shape index (κ1) is 9.96. The third-order valence-corrected chi connectivity index (χ3v) is 2.41. The standard InChI is InChI=1S/C11H13BN2O/c1-12(2)10-5-3-9(4-6-10)7-11-13-8-14-15-11/h3-6,8H,7H2,1-2H3. The van der Waals surface area contributed by atoms with E-state index in [-0.39, 0.29) is 0 Å². The van der Waals surface area contributed by atoms with E-state index in [1.807, 2.05) is 0 Å². The second-order valence-electron chi connectivity index (χ2n) is 3.91. The van der Waals surface area contributed by atoms with Crippen LogP contribution in [0.25, 0.3) is 0 Å². The predicted molar refractivity (Wildman–Crippen MR) is 60.7 cm³/mol. The fourth-order valence-electron chi connectivity index (χ4n) is 1.47. The molecule has 2 rings (SSSR count). The average molecular weight is 200 g/mol. The molecule has 4 heteroatoms. The van der Waals surface area contributed by atoms with Gasteiger partial charge in [-0.05, 0) is 5.56 Å². The van der Waals surface area contributed by atoms with Crippen molar-refractivity contribution in [3.63, 3.8) is 0 Å². The van der Waals surface area contributed by atoms with Crippen LogP contribution >= 0.6 is 0 Å². The highest BCUT2D eigenvalue weighted by Gasteiger charge is 2.04. The zero-order valence-corrected chi connectivity index (χ0v) is 8.97. The molecule has 0 N–H and O–H groups in total. The number of hydrogen-bond acceptors (Lipinski definition) is 3. The second kappa shape index (κ2) is 4.30. The molecule has 0 aliphatic heterocycles. The second-order valence-corrected chi connectivity index (χ2v) is 3.91. The number of nitrogens with zero attached hydrogens (tertiary/aromatic N) is 2. The van der Waals surface area contributed by atoms with Crippen LogP contribution in [0, 0.1) is 0 Å². The van der Waals surface area contributed by atoms with Crippen molar-refractivity contribution in [1.29, 1.82) is 0 Å². The Morgan fingerprint density at radius 2 is 1.93 bits per heavy atom. The van der Waals surface area contributed by atoms with E-state index in [9.17, 15) is 0 Å². The molecule has 3 nitrogen and oxygen atoms in total. The van der Waals surface area contributed by atoms with E-state index in [4.69, 9.17) is 4.52 Å². The summed E-state index contributed by atoms with van der Waals surface area (Å²) >= 11 is 0. The summed E-state index contributed by atoms with van der Waals surface area (Å²) < 4.78 is 4.95. The summed E-state index contributed by atoms with van der Waals surface area (Å²) in [6, 6.07) is 8.52. The summed E-state index contributed by atoms with van der Waals surface area (Å²) in [6.07, 6.45) is 2.14. The molecule has 0 spiro atoms. The molecule has 0 saturated heterocycles. The summed E-state index contributed by atoms with van der Waals surface area (Å²) in [5.41, 5.74) is 2.55. The Labute approximate surface area is 89.6 Å². The number of benzene rings is 1. The lowest BCUT2D eigenvalue weighted by Gasteiger charge is -2.03. The first-order valence-corrected chi connectivity index (χ1v) is 5.10. The first-order chi connectivity index (χ1) is 7.25. The van der Waals surface area contributed by atoms with Crippen LogP contribution in [0.3, 0.4) is 0 Å². The molecule has 0 saturated carbocycles. The number of rotatable bonds is 3. The van der Waals surface area contributed by atoms with E-state index in [2.05, 4.69) is 48.1 Å². The zero-order chi connectivity index (χ0) is 10.7. The van der Waals surface area contributed by atoms with Gasteiger partial charge in [0.15, 0.2) is 13.0 Å². The van der Waals surface area contributed by atoms with Gasteiger partial charge < -0.3 is 4.52 Å². The quantitative estimate of drug-likeness (QED) is 0.706. The van der Waals surface area contributed by atoms with Gasteiger partial charge in [0.1, 0.15) is 0 Å². The molecule has 0 amide bonds. The minimum atomic E-state index is 0.572. The predicted octanol–water partition coefficient (Wildman–Crippen LogP) is 1.62. The van der Waals surface area contributed by atoms with Crippen LogP contribution in [0.2, 0.25) is 13.6 Å². The Bertz CT molecular complexity index is 409. The van der Waals surface area contributed by atoms with Crippen molar-refractivity contribution >= 4 is 12.2 Å². The monoisotopic (exact) mass is 200 g/mol. The van der Waals surface area contributed by atoms with Crippen LogP contribution in [-0.4, -0.2) is 16.9 Å². The summed E-state index contributed by atoms with van der Waals surface area (Å²) in [6.45, 7) is 4.95. The SMILES string of the molecule is CB(C)c1ccc(Cc2ncno2)cc1. The highest BCUT2D eigenvalue weighted by molar-refractivity contribution is 6.70. The molecule has 2 aromatic rings. The lowest BCUT2D eigenvalue weighted by atomic mass is 9.49. The lowest BCUT2D eigenvalue weighted by molar-refractivity contribution is 0.384. The van der Waals surface area contributed by atoms with Crippen LogP contribution in [0.4, 0.5) is 0 Å². The Hall–Kier alpha value is -1.58. The minimum absolute atomic E-state index is 0.572. The molecular weight excluding hydrogens is 187 g/mol. The van der Waals surface area contributed by atoms with E-state index >= 15 is 0 Å². The fourth-order valence-corrected chi connectivity index (χ4v) is 1.47. The summed E-state index contributed by atoms with van der Waals surface area (Å²) in [4.78, 5) is 3.99. The molecular formula is C11H13BN2O. The van der Waals surface area contributed by atoms with Crippen molar-refractivity contribution in [1.82, 2.24) is 10.1 Å². The van der Waals surface area contributed by atoms with Gasteiger partial charge in [0.2, 0.25) is 5.89 Å². The van der Waals surface area contributed by atoms with Gasteiger partial charge in [-0.2, -0.15) is 4.98 Å². The highest BCUT2D eigenvalue weighted by atomic mass is 16.5. The maximum Gasteiger partial charge on any atom is 0.230 e. The lowest BCUT2D eigenvalue weighted by Crippen LogP contribution is -2.21. The first-order valence-electron chi connectivity index (χ1n) is 5.10. The van der Waals surface area contributed by atoms with Crippen molar-refractivity contribution in [2.24, 2.45) is 0 Å². The van der Waals surface area contributed by atoms with Gasteiger partial charge in [-0.15, -0.1) is 0 Å². The smallest absolute Gasteiger partial charge is 0.230 e. The van der Waals surface area contributed by atoms with Crippen LogP contribution in [0.1, 0.15) is 11.5 Å². The summed E-state index contributed by atoms with van der Waals surface area (Å²) in [5.74, 6) is 0.660. The average Bonchev–Trinajstić information content (AvgIpc) is 2.71. The molecule has 15 heavy (non-hydrogen) atoms. The van der Waals surface area contributed by atoms with Crippen molar-refractivity contribution in [3.8, 4) is 0 Å². The molecule has 0 unspecified atom stereocenters. The molecule has 0 aliphatic carbocycles. The third kappa shape index (κ3) is 2.46. The highest BCUT2D eigenvalue weighted by Crippen LogP contribution is 2.05. The molecule has 0 fully saturated rings. The van der Waals surface area contributed by atoms with Gasteiger partial charge in [-0.3, -0.25) is 0 Å². The molecule has 0 atom stereocenters. The van der Waals surface area contributed by atoms with Gasteiger partial charge in [0.25, 0.3) is 0 Å². The van der Waals surface area contributed by atoms with E-state index in [0.29, 0.717) is 19.0 Å². The van der Waals surface area contributed by atoms with Gasteiger partial charge in [-0.1, -0.05) is 48.5 Å². The maximum absolute atomic E-state index is 4.95. The largest absolute Gasteiger partial charge is 0.339 e. The molecule has 1 aromatic heterocycles. The van der Waals surface area contributed by atoms with Crippen LogP contribution < -0.4 is 5.46 Å². The normalized spacial score (nSPS) is 10.3. The van der Waals surface area contributed by atoms with Crippen LogP contribution in [-0.2, 0) is 6.42 Å². The molecule has 1 heterocycles. The topological polar surface area (TPSA) is 38.9 Å². The Kier molecular flexibility index (Phi) is 2.85. The third-order valence-electron chi connectivity index (χ3n) is 2.41. The van der Waals surface area contributed by atoms with Crippen molar-refractivity contribution < 1.29 is 4.52 Å². The molecule has 0 bridgehead atoms. The van der Waals surface area contributed by atoms with Gasteiger partial charge in [-0.25, -0.2) is 0 Å². The van der Waals surface area contributed by atoms with Gasteiger partial charge in [0, 0.05) is 0 Å². The molecule has 76 valence electrons. The fraction of sp³-hybridized carbons (Fsp3) is 0.273. The van der Waals surface area contributed by atoms with E-state index in [1.54, 1.807) is 0 Å². The number of aromatic nitrogens is 2. The van der Waals surface area contributed by atoms with Crippen molar-refractivity contribution in [2.45, 2.75) is 20.1 Å². The molecule has 1 aromatic carbocycles. The van der Waals surface area contributed by atoms with Crippen LogP contribution in [0.15, 0.2) is 35.1 Å². The summed E-state index contributed by atoms with van der Waals surface area (Å²) in [5, 5.41) is 3.58. The van der Waals surface area contributed by atoms with Crippen molar-refractivity contribution in [2.75, 3.05) is 0 Å². The van der Waals surface area contributed by atoms with Crippen molar-refractivity contribution in [3.05, 3.63) is 42.0 Å². The molecule has 0 aliphatic rings. The Morgan fingerprint density at radius 3 is 2.47 bits per heavy atom. The van der Waals surface area contributed by atoms with E-state index < -0.39 is 0 Å². The van der Waals surface area contributed by atoms with Crippen LogP contribution in [0.5, 0.6) is 0 Å². The number of hydrogen-bond donors (Lipinski definition) is 0. The van der Waals surface area contributed by atoms with E-state index in [1.165, 1.54) is 17.4 Å². The maximum atomic E-state index is 4.95. The van der Waals surface area contributed by atoms with Gasteiger partial charge in [0.05, 0.1) is 6.42 Å². The Balaban J connectivity index is 2.11. The van der Waals surface area contributed by atoms with E-state index in [0.717, 1.165) is 0 Å². The molecule has 0 radical (unpaired) electrons. The minimum Gasteiger partial charge on any atom is -0.339 e. The zero-order valence-electron chi connectivity index (χ0n) is 8.97. The van der Waals surface area contributed by atoms with Gasteiger partial charge >= 0.3 is 0 Å².